The van der Waals surface area contributed by atoms with E-state index < -0.39 is 0 Å². The molecule has 4 fully saturated rings. The van der Waals surface area contributed by atoms with Gasteiger partial charge in [0.25, 0.3) is 0 Å². The van der Waals surface area contributed by atoms with Crippen molar-refractivity contribution < 1.29 is 0 Å². The quantitative estimate of drug-likeness (QED) is 0.178. The molecule has 1 aliphatic heterocycles. The first kappa shape index (κ1) is 33.1. The molecule has 1 heterocycles. The standard InChI is InChI=1S/C52H51NS/c1-50(2)24-25-51(3,4)47-31-40(20-22-44(47)50)53(39-18-16-36(17-19-39)43-13-9-11-35-10-5-6-12-42(35)43)41-21-23-46-49(32-41)54-48-15-8-7-14-45(48)52(46)37-27-33-26-34(29-37)30-38(52)28-33/h5-23,31-34,37-38H,24-30H2,1-4H3. The molecule has 1 spiro atoms. The van der Waals surface area contributed by atoms with Crippen molar-refractivity contribution in [3.63, 3.8) is 0 Å². The van der Waals surface area contributed by atoms with Crippen molar-refractivity contribution in [2.45, 2.75) is 98.7 Å². The number of benzene rings is 6. The molecule has 54 heavy (non-hydrogen) atoms. The summed E-state index contributed by atoms with van der Waals surface area (Å²) in [5, 5.41) is 2.58. The van der Waals surface area contributed by atoms with Crippen LogP contribution in [0, 0.1) is 23.7 Å². The van der Waals surface area contributed by atoms with Crippen LogP contribution in [0.5, 0.6) is 0 Å². The number of hydrogen-bond acceptors (Lipinski definition) is 2. The Labute approximate surface area is 326 Å². The van der Waals surface area contributed by atoms with E-state index in [2.05, 4.69) is 160 Å². The molecule has 4 bridgehead atoms. The van der Waals surface area contributed by atoms with E-state index in [1.54, 1.807) is 11.1 Å². The van der Waals surface area contributed by atoms with Gasteiger partial charge in [-0.15, -0.1) is 0 Å². The zero-order chi connectivity index (χ0) is 36.4. The first-order valence-corrected chi connectivity index (χ1v) is 21.5. The molecule has 1 nitrogen and oxygen atoms in total. The molecule has 2 heteroatoms. The maximum atomic E-state index is 2.58. The lowest BCUT2D eigenvalue weighted by Crippen LogP contribution is -2.57. The Kier molecular flexibility index (Phi) is 7.27. The Hall–Kier alpha value is -4.27. The largest absolute Gasteiger partial charge is 0.310 e. The van der Waals surface area contributed by atoms with Crippen molar-refractivity contribution in [3.8, 4) is 11.1 Å². The number of hydrogen-bond donors (Lipinski definition) is 0. The van der Waals surface area contributed by atoms with E-state index in [1.165, 1.54) is 105 Å². The van der Waals surface area contributed by atoms with E-state index in [4.69, 9.17) is 0 Å². The summed E-state index contributed by atoms with van der Waals surface area (Å²) in [5.74, 6) is 3.38. The molecule has 0 amide bonds. The van der Waals surface area contributed by atoms with Crippen LogP contribution in [0.2, 0.25) is 0 Å². The summed E-state index contributed by atoms with van der Waals surface area (Å²) in [5.41, 5.74) is 13.0. The number of anilines is 3. The maximum absolute atomic E-state index is 2.58. The van der Waals surface area contributed by atoms with Crippen molar-refractivity contribution in [2.75, 3.05) is 4.90 Å². The fourth-order valence-corrected chi connectivity index (χ4v) is 13.7. The molecule has 0 aromatic heterocycles. The average Bonchev–Trinajstić information content (AvgIpc) is 3.18. The summed E-state index contributed by atoms with van der Waals surface area (Å²) >= 11 is 2.02. The Morgan fingerprint density at radius 2 is 1.09 bits per heavy atom. The molecular formula is C52H51NS. The number of fused-ring (bicyclic) bond motifs is 4. The topological polar surface area (TPSA) is 3.24 Å². The molecule has 4 saturated carbocycles. The third kappa shape index (κ3) is 4.84. The van der Waals surface area contributed by atoms with E-state index >= 15 is 0 Å². The van der Waals surface area contributed by atoms with Gasteiger partial charge in [0.15, 0.2) is 0 Å². The van der Waals surface area contributed by atoms with Gasteiger partial charge in [-0.3, -0.25) is 0 Å². The van der Waals surface area contributed by atoms with Crippen LogP contribution in [0.1, 0.15) is 94.9 Å². The van der Waals surface area contributed by atoms with Gasteiger partial charge in [-0.2, -0.15) is 0 Å². The molecule has 6 aliphatic rings. The van der Waals surface area contributed by atoms with Crippen LogP contribution in [0.25, 0.3) is 21.9 Å². The van der Waals surface area contributed by atoms with Gasteiger partial charge in [0.05, 0.1) is 0 Å². The monoisotopic (exact) mass is 721 g/mol. The third-order valence-corrected chi connectivity index (χ3v) is 16.1. The predicted molar refractivity (Wildman–Crippen MR) is 228 cm³/mol. The molecule has 6 aromatic carbocycles. The zero-order valence-corrected chi connectivity index (χ0v) is 33.1. The fourth-order valence-electron chi connectivity index (χ4n) is 12.5. The minimum atomic E-state index is 0.131. The van der Waals surface area contributed by atoms with Crippen LogP contribution < -0.4 is 4.90 Å². The SMILES string of the molecule is CC1(C)CCC(C)(C)c2cc(N(c3ccc(-c4cccc5ccccc45)cc3)c3ccc4c(c3)Sc3ccccc3C43C4CC5CC(C4)CC3C5)ccc21. The fraction of sp³-hybridized carbons (Fsp3) is 0.346. The Balaban J connectivity index is 1.08. The molecule has 12 rings (SSSR count). The van der Waals surface area contributed by atoms with Gasteiger partial charge in [0.1, 0.15) is 0 Å². The maximum Gasteiger partial charge on any atom is 0.0473 e. The summed E-state index contributed by atoms with van der Waals surface area (Å²) in [6.45, 7) is 9.77. The van der Waals surface area contributed by atoms with E-state index in [-0.39, 0.29) is 16.2 Å². The molecular weight excluding hydrogens is 671 g/mol. The highest BCUT2D eigenvalue weighted by atomic mass is 32.2. The lowest BCUT2D eigenvalue weighted by Gasteiger charge is -2.63. The second-order valence-electron chi connectivity index (χ2n) is 18.9. The average molecular weight is 722 g/mol. The third-order valence-electron chi connectivity index (χ3n) is 15.0. The Morgan fingerprint density at radius 3 is 1.85 bits per heavy atom. The van der Waals surface area contributed by atoms with Crippen LogP contribution in [0.3, 0.4) is 0 Å². The van der Waals surface area contributed by atoms with Gasteiger partial charge < -0.3 is 4.90 Å². The van der Waals surface area contributed by atoms with E-state index in [1.807, 2.05) is 11.8 Å². The van der Waals surface area contributed by atoms with E-state index in [9.17, 15) is 0 Å². The molecule has 5 aliphatic carbocycles. The van der Waals surface area contributed by atoms with E-state index in [0.717, 1.165) is 23.7 Å². The smallest absolute Gasteiger partial charge is 0.0473 e. The van der Waals surface area contributed by atoms with Gasteiger partial charge in [-0.1, -0.05) is 124 Å². The predicted octanol–water partition coefficient (Wildman–Crippen LogP) is 14.5. The van der Waals surface area contributed by atoms with Crippen molar-refractivity contribution in [1.82, 2.24) is 0 Å². The van der Waals surface area contributed by atoms with Gasteiger partial charge in [-0.05, 0) is 166 Å². The number of nitrogens with zero attached hydrogens (tertiary/aromatic N) is 1. The lowest BCUT2D eigenvalue weighted by atomic mass is 9.42. The first-order valence-electron chi connectivity index (χ1n) is 20.6. The normalized spacial score (nSPS) is 26.7. The van der Waals surface area contributed by atoms with Gasteiger partial charge >= 0.3 is 0 Å². The molecule has 270 valence electrons. The highest BCUT2D eigenvalue weighted by Crippen LogP contribution is 2.69. The van der Waals surface area contributed by atoms with Crippen LogP contribution in [-0.4, -0.2) is 0 Å². The van der Waals surface area contributed by atoms with Gasteiger partial charge in [0.2, 0.25) is 0 Å². The molecule has 0 atom stereocenters. The summed E-state index contributed by atoms with van der Waals surface area (Å²) in [7, 11) is 0. The minimum absolute atomic E-state index is 0.131. The highest BCUT2D eigenvalue weighted by Gasteiger charge is 2.60. The van der Waals surface area contributed by atoms with E-state index in [0.29, 0.717) is 0 Å². The lowest BCUT2D eigenvalue weighted by molar-refractivity contribution is -0.0443. The van der Waals surface area contributed by atoms with Crippen molar-refractivity contribution in [1.29, 1.82) is 0 Å². The number of rotatable bonds is 4. The van der Waals surface area contributed by atoms with Crippen molar-refractivity contribution in [3.05, 3.63) is 150 Å². The summed E-state index contributed by atoms with van der Waals surface area (Å²) in [6, 6.07) is 49.3. The summed E-state index contributed by atoms with van der Waals surface area (Å²) < 4.78 is 0. The van der Waals surface area contributed by atoms with Crippen LogP contribution in [0.4, 0.5) is 17.1 Å². The van der Waals surface area contributed by atoms with Crippen molar-refractivity contribution >= 4 is 39.6 Å². The molecule has 0 saturated heterocycles. The molecule has 6 aromatic rings. The summed E-state index contributed by atoms with van der Waals surface area (Å²) in [6.07, 6.45) is 9.53. The van der Waals surface area contributed by atoms with Gasteiger partial charge in [0, 0.05) is 32.3 Å². The molecule has 0 N–H and O–H groups in total. The molecule has 0 unspecified atom stereocenters. The van der Waals surface area contributed by atoms with Gasteiger partial charge in [-0.25, -0.2) is 0 Å². The first-order chi connectivity index (χ1) is 26.2. The van der Waals surface area contributed by atoms with Crippen LogP contribution >= 0.6 is 11.8 Å². The summed E-state index contributed by atoms with van der Waals surface area (Å²) in [4.78, 5) is 5.50. The van der Waals surface area contributed by atoms with Crippen LogP contribution in [0.15, 0.2) is 137 Å². The second-order valence-corrected chi connectivity index (χ2v) is 19.9. The minimum Gasteiger partial charge on any atom is -0.310 e. The molecule has 0 radical (unpaired) electrons. The second kappa shape index (κ2) is 11.9. The van der Waals surface area contributed by atoms with Crippen LogP contribution in [-0.2, 0) is 16.2 Å². The zero-order valence-electron chi connectivity index (χ0n) is 32.2. The highest BCUT2D eigenvalue weighted by molar-refractivity contribution is 7.99. The van der Waals surface area contributed by atoms with Crippen molar-refractivity contribution in [2.24, 2.45) is 23.7 Å². The Morgan fingerprint density at radius 1 is 0.500 bits per heavy atom. The Bertz CT molecular complexity index is 2420.